The molecule has 1 saturated heterocycles. The number of para-hydroxylation sites is 1. The maximum Gasteiger partial charge on any atom is 0.290 e. The molecule has 0 bridgehead atoms. The van der Waals surface area contributed by atoms with E-state index in [4.69, 9.17) is 9.15 Å². The molecular formula is C24H24BrN2O4+. The van der Waals surface area contributed by atoms with Gasteiger partial charge in [0.25, 0.3) is 5.91 Å². The highest BCUT2D eigenvalue weighted by atomic mass is 79.9. The fraction of sp³-hybridized carbons (Fsp3) is 0.333. The number of nitrogens with one attached hydrogen (secondary N) is 1. The van der Waals surface area contributed by atoms with Gasteiger partial charge in [-0.05, 0) is 29.8 Å². The van der Waals surface area contributed by atoms with Crippen LogP contribution in [-0.4, -0.2) is 50.2 Å². The van der Waals surface area contributed by atoms with E-state index in [1.807, 2.05) is 36.4 Å². The number of quaternary nitrogens is 1. The molecule has 1 N–H and O–H groups in total. The number of carbonyl (C=O) groups is 1. The Labute approximate surface area is 188 Å². The van der Waals surface area contributed by atoms with Crippen molar-refractivity contribution in [3.05, 3.63) is 80.1 Å². The Hall–Kier alpha value is -2.48. The number of hydrogen-bond donors (Lipinski definition) is 1. The van der Waals surface area contributed by atoms with Crippen molar-refractivity contribution in [2.75, 3.05) is 39.4 Å². The third-order valence-electron chi connectivity index (χ3n) is 6.19. The molecule has 1 atom stereocenters. The fourth-order valence-corrected chi connectivity index (χ4v) is 4.86. The summed E-state index contributed by atoms with van der Waals surface area (Å²) in [4.78, 5) is 30.1. The van der Waals surface area contributed by atoms with Gasteiger partial charge < -0.3 is 19.0 Å². The van der Waals surface area contributed by atoms with Gasteiger partial charge in [0, 0.05) is 17.4 Å². The highest BCUT2D eigenvalue weighted by molar-refractivity contribution is 9.10. The third kappa shape index (κ3) is 3.82. The van der Waals surface area contributed by atoms with E-state index in [0.717, 1.165) is 49.3 Å². The number of hydrogen-bond acceptors (Lipinski definition) is 4. The number of fused-ring (bicyclic) bond motifs is 2. The Morgan fingerprint density at radius 2 is 1.77 bits per heavy atom. The van der Waals surface area contributed by atoms with Gasteiger partial charge >= 0.3 is 0 Å². The molecule has 0 aliphatic carbocycles. The molecule has 1 fully saturated rings. The van der Waals surface area contributed by atoms with Crippen LogP contribution in [0.1, 0.15) is 34.1 Å². The summed E-state index contributed by atoms with van der Waals surface area (Å²) in [5.74, 6) is -0.0295. The SMILES string of the molecule is O=C1c2oc3ccccc3c(=O)c2[C@@H](c2ccc(Br)cc2)N1CCC[NH+]1CCOCC1. The molecule has 160 valence electrons. The van der Waals surface area contributed by atoms with Crippen molar-refractivity contribution >= 4 is 32.8 Å². The van der Waals surface area contributed by atoms with Crippen molar-refractivity contribution in [3.63, 3.8) is 0 Å². The van der Waals surface area contributed by atoms with Crippen LogP contribution in [0.15, 0.2) is 62.2 Å². The molecule has 7 heteroatoms. The second-order valence-corrected chi connectivity index (χ2v) is 9.00. The Morgan fingerprint density at radius 1 is 1.03 bits per heavy atom. The Bertz CT molecular complexity index is 1170. The zero-order valence-electron chi connectivity index (χ0n) is 17.1. The average molecular weight is 484 g/mol. The zero-order chi connectivity index (χ0) is 21.4. The Balaban J connectivity index is 1.52. The highest BCUT2D eigenvalue weighted by Crippen LogP contribution is 2.38. The number of rotatable bonds is 5. The minimum absolute atomic E-state index is 0.126. The summed E-state index contributed by atoms with van der Waals surface area (Å²) < 4.78 is 12.4. The number of halogens is 1. The molecule has 0 saturated carbocycles. The minimum atomic E-state index is -0.434. The van der Waals surface area contributed by atoms with Crippen LogP contribution in [0.25, 0.3) is 11.0 Å². The second kappa shape index (κ2) is 8.57. The summed E-state index contributed by atoms with van der Waals surface area (Å²) >= 11 is 3.47. The lowest BCUT2D eigenvalue weighted by molar-refractivity contribution is -0.908. The van der Waals surface area contributed by atoms with Crippen LogP contribution in [0, 0.1) is 0 Å². The monoisotopic (exact) mass is 483 g/mol. The van der Waals surface area contributed by atoms with Crippen molar-refractivity contribution in [1.82, 2.24) is 4.90 Å². The largest absolute Gasteiger partial charge is 0.450 e. The average Bonchev–Trinajstić information content (AvgIpc) is 3.07. The van der Waals surface area contributed by atoms with Crippen LogP contribution >= 0.6 is 15.9 Å². The van der Waals surface area contributed by atoms with E-state index in [2.05, 4.69) is 15.9 Å². The molecule has 0 spiro atoms. The number of carbonyl (C=O) groups excluding carboxylic acids is 1. The van der Waals surface area contributed by atoms with Crippen LogP contribution in [0.5, 0.6) is 0 Å². The Morgan fingerprint density at radius 3 is 2.55 bits per heavy atom. The third-order valence-corrected chi connectivity index (χ3v) is 6.72. The molecule has 2 aliphatic heterocycles. The number of ether oxygens (including phenoxy) is 1. The molecule has 1 aromatic heterocycles. The topological polar surface area (TPSA) is 64.2 Å². The molecular weight excluding hydrogens is 460 g/mol. The number of benzene rings is 2. The number of nitrogens with zero attached hydrogens (tertiary/aromatic N) is 1. The summed E-state index contributed by atoms with van der Waals surface area (Å²) in [5.41, 5.74) is 1.69. The summed E-state index contributed by atoms with van der Waals surface area (Å²) in [6, 6.07) is 14.5. The van der Waals surface area contributed by atoms with Gasteiger partial charge in [-0.15, -0.1) is 0 Å². The summed E-state index contributed by atoms with van der Waals surface area (Å²) in [5, 5.41) is 0.510. The first kappa shape index (κ1) is 20.4. The van der Waals surface area contributed by atoms with Gasteiger partial charge in [0.15, 0.2) is 5.43 Å². The van der Waals surface area contributed by atoms with Crippen LogP contribution in [0.2, 0.25) is 0 Å². The fourth-order valence-electron chi connectivity index (χ4n) is 4.60. The highest BCUT2D eigenvalue weighted by Gasteiger charge is 2.42. The van der Waals surface area contributed by atoms with Crippen molar-refractivity contribution in [2.45, 2.75) is 12.5 Å². The summed E-state index contributed by atoms with van der Waals surface area (Å²) in [6.45, 7) is 5.11. The van der Waals surface area contributed by atoms with Crippen LogP contribution < -0.4 is 10.3 Å². The lowest BCUT2D eigenvalue weighted by Gasteiger charge is -2.27. The summed E-state index contributed by atoms with van der Waals surface area (Å²) in [6.07, 6.45) is 0.857. The van der Waals surface area contributed by atoms with E-state index in [1.54, 1.807) is 17.0 Å². The van der Waals surface area contributed by atoms with Crippen molar-refractivity contribution < 1.29 is 18.8 Å². The molecule has 3 heterocycles. The molecule has 1 amide bonds. The van der Waals surface area contributed by atoms with E-state index in [-0.39, 0.29) is 17.1 Å². The normalized spacial score (nSPS) is 19.2. The predicted molar refractivity (Wildman–Crippen MR) is 121 cm³/mol. The van der Waals surface area contributed by atoms with Crippen LogP contribution in [0.3, 0.4) is 0 Å². The lowest BCUT2D eigenvalue weighted by atomic mass is 9.98. The summed E-state index contributed by atoms with van der Waals surface area (Å²) in [7, 11) is 0. The van der Waals surface area contributed by atoms with Gasteiger partial charge in [-0.1, -0.05) is 40.2 Å². The standard InChI is InChI=1S/C24H23BrN2O4/c25-17-8-6-16(7-9-17)21-20-22(28)18-4-1-2-5-19(18)31-23(20)24(29)27(21)11-3-10-26-12-14-30-15-13-26/h1-2,4-9,21H,3,10-15H2/p+1/t21-/m1/s1. The van der Waals surface area contributed by atoms with E-state index < -0.39 is 6.04 Å². The molecule has 2 aromatic carbocycles. The van der Waals surface area contributed by atoms with Gasteiger partial charge in [0.05, 0.1) is 36.8 Å². The molecule has 6 nitrogen and oxygen atoms in total. The van der Waals surface area contributed by atoms with E-state index >= 15 is 0 Å². The van der Waals surface area contributed by atoms with E-state index in [0.29, 0.717) is 23.1 Å². The molecule has 0 radical (unpaired) electrons. The molecule has 3 aromatic rings. The van der Waals surface area contributed by atoms with Crippen molar-refractivity contribution in [2.24, 2.45) is 0 Å². The first-order valence-electron chi connectivity index (χ1n) is 10.7. The zero-order valence-corrected chi connectivity index (χ0v) is 18.7. The molecule has 0 unspecified atom stereocenters. The van der Waals surface area contributed by atoms with Crippen LogP contribution in [0.4, 0.5) is 0 Å². The maximum absolute atomic E-state index is 13.4. The van der Waals surface area contributed by atoms with Gasteiger partial charge in [-0.2, -0.15) is 0 Å². The van der Waals surface area contributed by atoms with Gasteiger partial charge in [0.2, 0.25) is 5.76 Å². The van der Waals surface area contributed by atoms with Gasteiger partial charge in [-0.3, -0.25) is 9.59 Å². The second-order valence-electron chi connectivity index (χ2n) is 8.09. The molecule has 31 heavy (non-hydrogen) atoms. The van der Waals surface area contributed by atoms with Crippen molar-refractivity contribution in [1.29, 1.82) is 0 Å². The molecule has 5 rings (SSSR count). The van der Waals surface area contributed by atoms with Crippen molar-refractivity contribution in [3.8, 4) is 0 Å². The van der Waals surface area contributed by atoms with Gasteiger partial charge in [-0.25, -0.2) is 0 Å². The maximum atomic E-state index is 13.4. The predicted octanol–water partition coefficient (Wildman–Crippen LogP) is 2.41. The van der Waals surface area contributed by atoms with Gasteiger partial charge in [0.1, 0.15) is 18.7 Å². The molecule has 2 aliphatic rings. The first-order chi connectivity index (χ1) is 15.1. The minimum Gasteiger partial charge on any atom is -0.450 e. The smallest absolute Gasteiger partial charge is 0.290 e. The van der Waals surface area contributed by atoms with Crippen LogP contribution in [-0.2, 0) is 4.74 Å². The number of morpholine rings is 1. The Kier molecular flexibility index (Phi) is 5.65. The van der Waals surface area contributed by atoms with E-state index in [1.165, 1.54) is 4.90 Å². The van der Waals surface area contributed by atoms with E-state index in [9.17, 15) is 9.59 Å². The quantitative estimate of drug-likeness (QED) is 0.605. The lowest BCUT2D eigenvalue weighted by Crippen LogP contribution is -3.14. The number of amides is 1. The first-order valence-corrected chi connectivity index (χ1v) is 11.5.